The van der Waals surface area contributed by atoms with E-state index in [1.165, 1.54) is 24.3 Å². The molecule has 29 heavy (non-hydrogen) atoms. The maximum atomic E-state index is 6.14. The van der Waals surface area contributed by atoms with Crippen LogP contribution in [-0.4, -0.2) is 87.1 Å². The number of morpholine rings is 1. The molecule has 0 amide bonds. The topological polar surface area (TPSA) is 58.1 Å². The molecule has 0 radical (unpaired) electrons. The largest absolute Gasteiger partial charge is 0.379 e. The summed E-state index contributed by atoms with van der Waals surface area (Å²) in [5.41, 5.74) is 0.402. The van der Waals surface area contributed by atoms with E-state index < -0.39 is 0 Å². The minimum absolute atomic E-state index is 0. The molecule has 170 valence electrons. The number of nitrogens with zero attached hydrogens (tertiary/aromatic N) is 2. The first-order chi connectivity index (χ1) is 13.4. The lowest BCUT2D eigenvalue weighted by molar-refractivity contribution is -0.0835. The Labute approximate surface area is 198 Å². The monoisotopic (exact) mass is 540 g/mol. The molecule has 0 spiro atoms. The van der Waals surface area contributed by atoms with Crippen molar-refractivity contribution in [2.24, 2.45) is 16.3 Å². The van der Waals surface area contributed by atoms with E-state index >= 15 is 0 Å². The summed E-state index contributed by atoms with van der Waals surface area (Å²) >= 11 is 2.07. The van der Waals surface area contributed by atoms with E-state index in [4.69, 9.17) is 9.47 Å². The average molecular weight is 541 g/mol. The third kappa shape index (κ3) is 6.85. The Hall–Kier alpha value is 0.230. The molecule has 0 aromatic carbocycles. The normalized spacial score (nSPS) is 31.9. The molecule has 6 nitrogen and oxygen atoms in total. The van der Waals surface area contributed by atoms with E-state index in [0.717, 1.165) is 58.4 Å². The van der Waals surface area contributed by atoms with Gasteiger partial charge in [0.1, 0.15) is 0 Å². The minimum atomic E-state index is 0. The van der Waals surface area contributed by atoms with Gasteiger partial charge < -0.3 is 20.1 Å². The number of guanidine groups is 1. The second-order valence-corrected chi connectivity index (χ2v) is 10.6. The van der Waals surface area contributed by atoms with Crippen LogP contribution >= 0.6 is 35.7 Å². The molecule has 0 aromatic heterocycles. The molecule has 3 saturated heterocycles. The van der Waals surface area contributed by atoms with Crippen molar-refractivity contribution in [1.29, 1.82) is 0 Å². The first-order valence-electron chi connectivity index (χ1n) is 10.9. The number of hydrogen-bond acceptors (Lipinski definition) is 5. The molecular weight excluding hydrogens is 499 g/mol. The van der Waals surface area contributed by atoms with Gasteiger partial charge in [-0.25, -0.2) is 0 Å². The molecule has 3 aliphatic rings. The number of thioether (sulfide) groups is 1. The minimum Gasteiger partial charge on any atom is -0.379 e. The number of hydrogen-bond donors (Lipinski definition) is 2. The van der Waals surface area contributed by atoms with Gasteiger partial charge in [-0.05, 0) is 30.4 Å². The van der Waals surface area contributed by atoms with E-state index in [2.05, 4.69) is 53.1 Å². The molecule has 3 unspecified atom stereocenters. The van der Waals surface area contributed by atoms with Crippen LogP contribution in [-0.2, 0) is 9.47 Å². The molecule has 0 aromatic rings. The molecule has 3 atom stereocenters. The van der Waals surface area contributed by atoms with Gasteiger partial charge >= 0.3 is 0 Å². The zero-order chi connectivity index (χ0) is 20.0. The predicted octanol–water partition coefficient (Wildman–Crippen LogP) is 2.82. The fourth-order valence-electron chi connectivity index (χ4n) is 4.84. The van der Waals surface area contributed by atoms with Gasteiger partial charge in [-0.3, -0.25) is 9.89 Å². The van der Waals surface area contributed by atoms with Crippen LogP contribution in [0.4, 0.5) is 0 Å². The number of ether oxygens (including phenoxy) is 2. The molecule has 3 fully saturated rings. The fraction of sp³-hybridized carbons (Fsp3) is 0.952. The highest BCUT2D eigenvalue weighted by atomic mass is 127. The summed E-state index contributed by atoms with van der Waals surface area (Å²) in [6, 6.07) is 0. The summed E-state index contributed by atoms with van der Waals surface area (Å²) in [5, 5.41) is 7.24. The smallest absolute Gasteiger partial charge is 0.191 e. The van der Waals surface area contributed by atoms with Gasteiger partial charge in [0.25, 0.3) is 0 Å². The van der Waals surface area contributed by atoms with E-state index in [0.29, 0.717) is 12.0 Å². The van der Waals surface area contributed by atoms with Crippen molar-refractivity contribution in [2.45, 2.75) is 51.7 Å². The zero-order valence-electron chi connectivity index (χ0n) is 18.7. The van der Waals surface area contributed by atoms with Crippen molar-refractivity contribution in [3.63, 3.8) is 0 Å². The van der Waals surface area contributed by atoms with E-state index in [1.54, 1.807) is 0 Å². The number of rotatable bonds is 5. The van der Waals surface area contributed by atoms with Gasteiger partial charge in [-0.15, -0.1) is 24.0 Å². The second-order valence-electron chi connectivity index (χ2n) is 9.49. The third-order valence-corrected chi connectivity index (χ3v) is 7.64. The molecule has 3 heterocycles. The van der Waals surface area contributed by atoms with Crippen LogP contribution in [0.5, 0.6) is 0 Å². The van der Waals surface area contributed by atoms with Crippen LogP contribution < -0.4 is 10.6 Å². The summed E-state index contributed by atoms with van der Waals surface area (Å²) in [7, 11) is 1.87. The number of nitrogens with one attached hydrogen (secondary N) is 2. The Morgan fingerprint density at radius 1 is 1.21 bits per heavy atom. The maximum absolute atomic E-state index is 6.14. The zero-order valence-corrected chi connectivity index (χ0v) is 21.8. The lowest BCUT2D eigenvalue weighted by atomic mass is 9.78. The highest BCUT2D eigenvalue weighted by Gasteiger charge is 2.41. The molecule has 3 aliphatic heterocycles. The standard InChI is InChI=1S/C21H40N4O2S.HI/c1-20(2,3)18-17(6-5-10-27-18)14-23-19(22-4)24-15-21(7-13-28-16-21)25-8-11-26-12-9-25;/h17-18H,5-16H2,1-4H3,(H2,22,23,24);1H. The second kappa shape index (κ2) is 11.7. The Morgan fingerprint density at radius 2 is 1.97 bits per heavy atom. The number of aliphatic imine (C=N–C) groups is 1. The molecule has 2 N–H and O–H groups in total. The van der Waals surface area contributed by atoms with Crippen molar-refractivity contribution < 1.29 is 9.47 Å². The van der Waals surface area contributed by atoms with Gasteiger partial charge in [0.15, 0.2) is 5.96 Å². The SMILES string of the molecule is CN=C(NCC1CCCOC1C(C)(C)C)NCC1(N2CCOCC2)CCSC1.I. The highest BCUT2D eigenvalue weighted by Crippen LogP contribution is 2.34. The Kier molecular flexibility index (Phi) is 10.3. The molecule has 8 heteroatoms. The molecular formula is C21H41IN4O2S. The van der Waals surface area contributed by atoms with Gasteiger partial charge in [0.05, 0.1) is 19.3 Å². The first-order valence-corrected chi connectivity index (χ1v) is 12.1. The van der Waals surface area contributed by atoms with Crippen LogP contribution in [0.3, 0.4) is 0 Å². The van der Waals surface area contributed by atoms with Crippen LogP contribution in [0.1, 0.15) is 40.0 Å². The van der Waals surface area contributed by atoms with Crippen LogP contribution in [0.15, 0.2) is 4.99 Å². The summed E-state index contributed by atoms with van der Waals surface area (Å²) < 4.78 is 11.7. The lowest BCUT2D eigenvalue weighted by Crippen LogP contribution is -2.60. The first kappa shape index (κ1) is 25.5. The quantitative estimate of drug-likeness (QED) is 0.318. The van der Waals surface area contributed by atoms with Crippen molar-refractivity contribution in [3.05, 3.63) is 0 Å². The highest BCUT2D eigenvalue weighted by molar-refractivity contribution is 14.0. The fourth-order valence-corrected chi connectivity index (χ4v) is 6.32. The van der Waals surface area contributed by atoms with Gasteiger partial charge in [-0.1, -0.05) is 20.8 Å². The van der Waals surface area contributed by atoms with Gasteiger partial charge in [-0.2, -0.15) is 11.8 Å². The van der Waals surface area contributed by atoms with Crippen LogP contribution in [0.2, 0.25) is 0 Å². The van der Waals surface area contributed by atoms with Gasteiger partial charge in [0.2, 0.25) is 0 Å². The van der Waals surface area contributed by atoms with E-state index in [-0.39, 0.29) is 34.9 Å². The van der Waals surface area contributed by atoms with E-state index in [1.807, 2.05) is 7.05 Å². The van der Waals surface area contributed by atoms with Crippen LogP contribution in [0, 0.1) is 11.3 Å². The van der Waals surface area contributed by atoms with Crippen molar-refractivity contribution >= 4 is 41.7 Å². The summed E-state index contributed by atoms with van der Waals surface area (Å²) in [4.78, 5) is 7.14. The summed E-state index contributed by atoms with van der Waals surface area (Å²) in [6.07, 6.45) is 3.92. The molecule has 0 bridgehead atoms. The lowest BCUT2D eigenvalue weighted by Gasteiger charge is -2.43. The molecule has 0 aliphatic carbocycles. The summed E-state index contributed by atoms with van der Waals surface area (Å²) in [5.74, 6) is 3.89. The van der Waals surface area contributed by atoms with Crippen molar-refractivity contribution in [1.82, 2.24) is 15.5 Å². The van der Waals surface area contributed by atoms with Crippen molar-refractivity contribution in [3.8, 4) is 0 Å². The predicted molar refractivity (Wildman–Crippen MR) is 134 cm³/mol. The number of halogens is 1. The van der Waals surface area contributed by atoms with Crippen molar-refractivity contribution in [2.75, 3.05) is 64.6 Å². The maximum Gasteiger partial charge on any atom is 0.191 e. The Morgan fingerprint density at radius 3 is 2.59 bits per heavy atom. The Bertz CT molecular complexity index is 517. The van der Waals surface area contributed by atoms with Gasteiger partial charge in [0, 0.05) is 57.0 Å². The molecule has 3 rings (SSSR count). The Balaban J connectivity index is 0.00000300. The third-order valence-electron chi connectivity index (χ3n) is 6.40. The summed E-state index contributed by atoms with van der Waals surface area (Å²) in [6.45, 7) is 13.4. The average Bonchev–Trinajstić information content (AvgIpc) is 3.18. The van der Waals surface area contributed by atoms with E-state index in [9.17, 15) is 0 Å². The molecule has 0 saturated carbocycles. The van der Waals surface area contributed by atoms with Crippen LogP contribution in [0.25, 0.3) is 0 Å².